The molecule has 88 valence electrons. The van der Waals surface area contributed by atoms with E-state index in [0.29, 0.717) is 0 Å². The van der Waals surface area contributed by atoms with Crippen LogP contribution in [-0.2, 0) is 0 Å². The Hall–Kier alpha value is -0.820. The molecule has 15 heavy (non-hydrogen) atoms. The maximum absolute atomic E-state index is 3.18. The van der Waals surface area contributed by atoms with Crippen molar-refractivity contribution in [3.63, 3.8) is 0 Å². The number of hydrazine groups is 2. The van der Waals surface area contributed by atoms with Crippen molar-refractivity contribution >= 4 is 0 Å². The van der Waals surface area contributed by atoms with E-state index in [1.54, 1.807) is 0 Å². The zero-order valence-corrected chi connectivity index (χ0v) is 10.2. The molecule has 0 bridgehead atoms. The molecular formula is C9H22N6. The first-order valence-corrected chi connectivity index (χ1v) is 5.10. The lowest BCUT2D eigenvalue weighted by Crippen LogP contribution is -2.65. The number of hydrogen-bond donors (Lipinski definition) is 3. The van der Waals surface area contributed by atoms with Crippen molar-refractivity contribution in [1.82, 2.24) is 31.1 Å². The van der Waals surface area contributed by atoms with Crippen molar-refractivity contribution < 1.29 is 0 Å². The van der Waals surface area contributed by atoms with Gasteiger partial charge in [0.05, 0.1) is 0 Å². The molecule has 0 amide bonds. The van der Waals surface area contributed by atoms with Gasteiger partial charge in [-0.25, -0.2) is 10.4 Å². The van der Waals surface area contributed by atoms with Gasteiger partial charge in [-0.3, -0.25) is 15.3 Å². The molecule has 3 N–H and O–H groups in total. The molecule has 1 rings (SSSR count). The monoisotopic (exact) mass is 214 g/mol. The van der Waals surface area contributed by atoms with Crippen molar-refractivity contribution in [1.29, 1.82) is 0 Å². The smallest absolute Gasteiger partial charge is 0.168 e. The normalized spacial score (nSPS) is 23.2. The highest BCUT2D eigenvalue weighted by Gasteiger charge is 2.30. The van der Waals surface area contributed by atoms with Crippen LogP contribution >= 0.6 is 0 Å². The minimum Gasteiger partial charge on any atom is -0.374 e. The molecule has 0 saturated carbocycles. The van der Waals surface area contributed by atoms with Crippen molar-refractivity contribution in [2.75, 3.05) is 41.8 Å². The summed E-state index contributed by atoms with van der Waals surface area (Å²) >= 11 is 0. The maximum atomic E-state index is 3.18. The molecule has 1 atom stereocenters. The van der Waals surface area contributed by atoms with Gasteiger partial charge in [-0.05, 0) is 27.2 Å². The second-order valence-corrected chi connectivity index (χ2v) is 3.62. The van der Waals surface area contributed by atoms with Crippen molar-refractivity contribution in [3.8, 4) is 0 Å². The average molecular weight is 214 g/mol. The van der Waals surface area contributed by atoms with E-state index in [-0.39, 0.29) is 6.29 Å². The molecule has 0 aromatic rings. The molecule has 1 aliphatic rings. The zero-order chi connectivity index (χ0) is 11.4. The minimum absolute atomic E-state index is 0.146. The molecule has 1 heterocycles. The quantitative estimate of drug-likeness (QED) is 0.545. The Bertz CT molecular complexity index is 227. The molecule has 0 aromatic heterocycles. The fraction of sp³-hybridized carbons (Fsp3) is 0.778. The first kappa shape index (κ1) is 12.3. The van der Waals surface area contributed by atoms with Crippen molar-refractivity contribution in [2.45, 2.75) is 6.29 Å². The van der Waals surface area contributed by atoms with Crippen LogP contribution in [0, 0.1) is 0 Å². The summed E-state index contributed by atoms with van der Waals surface area (Å²) in [5.41, 5.74) is 6.36. The number of hydrogen-bond acceptors (Lipinski definition) is 6. The average Bonchev–Trinajstić information content (AvgIpc) is 2.26. The first-order chi connectivity index (χ1) is 7.15. The molecule has 0 spiro atoms. The van der Waals surface area contributed by atoms with E-state index < -0.39 is 0 Å². The second kappa shape index (κ2) is 5.32. The Balaban J connectivity index is 2.90. The topological polar surface area (TPSA) is 45.8 Å². The van der Waals surface area contributed by atoms with E-state index in [4.69, 9.17) is 0 Å². The second-order valence-electron chi connectivity index (χ2n) is 3.62. The summed E-state index contributed by atoms with van der Waals surface area (Å²) in [5.74, 6) is 1.09. The van der Waals surface area contributed by atoms with Gasteiger partial charge in [0.1, 0.15) is 5.82 Å². The Morgan fingerprint density at radius 1 is 1.27 bits per heavy atom. The molecular weight excluding hydrogens is 192 g/mol. The largest absolute Gasteiger partial charge is 0.374 e. The highest BCUT2D eigenvalue weighted by molar-refractivity contribution is 5.03. The maximum Gasteiger partial charge on any atom is 0.168 e. The summed E-state index contributed by atoms with van der Waals surface area (Å²) in [6, 6.07) is 0. The van der Waals surface area contributed by atoms with E-state index in [2.05, 4.69) is 51.3 Å². The van der Waals surface area contributed by atoms with Crippen LogP contribution in [0.1, 0.15) is 0 Å². The van der Waals surface area contributed by atoms with Gasteiger partial charge in [0, 0.05) is 20.6 Å². The van der Waals surface area contributed by atoms with Gasteiger partial charge in [0.2, 0.25) is 0 Å². The molecule has 6 nitrogen and oxygen atoms in total. The van der Waals surface area contributed by atoms with E-state index in [9.17, 15) is 0 Å². The van der Waals surface area contributed by atoms with Gasteiger partial charge in [0.15, 0.2) is 6.29 Å². The number of nitrogens with zero attached hydrogens (tertiary/aromatic N) is 3. The fourth-order valence-electron chi connectivity index (χ4n) is 1.82. The van der Waals surface area contributed by atoms with E-state index in [1.165, 1.54) is 0 Å². The van der Waals surface area contributed by atoms with Crippen LogP contribution in [0.3, 0.4) is 0 Å². The predicted octanol–water partition coefficient (Wildman–Crippen LogP) is -1.22. The van der Waals surface area contributed by atoms with Crippen molar-refractivity contribution in [3.05, 3.63) is 11.9 Å². The van der Waals surface area contributed by atoms with Crippen LogP contribution in [0.25, 0.3) is 0 Å². The van der Waals surface area contributed by atoms with Gasteiger partial charge < -0.3 is 5.32 Å². The molecule has 0 aliphatic carbocycles. The van der Waals surface area contributed by atoms with E-state index >= 15 is 0 Å². The molecule has 1 unspecified atom stereocenters. The van der Waals surface area contributed by atoms with E-state index in [1.807, 2.05) is 21.1 Å². The van der Waals surface area contributed by atoms with Crippen LogP contribution in [0.15, 0.2) is 11.9 Å². The van der Waals surface area contributed by atoms with Gasteiger partial charge in [-0.1, -0.05) is 0 Å². The number of rotatable bonds is 4. The summed E-state index contributed by atoms with van der Waals surface area (Å²) in [6.07, 6.45) is 2.28. The third-order valence-corrected chi connectivity index (χ3v) is 2.50. The highest BCUT2D eigenvalue weighted by Crippen LogP contribution is 2.14. The molecule has 6 heteroatoms. The van der Waals surface area contributed by atoms with Gasteiger partial charge in [0.25, 0.3) is 0 Å². The van der Waals surface area contributed by atoms with Gasteiger partial charge in [-0.2, -0.15) is 0 Å². The molecule has 0 saturated heterocycles. The predicted molar refractivity (Wildman–Crippen MR) is 61.3 cm³/mol. The lowest BCUT2D eigenvalue weighted by atomic mass is 10.4. The fourth-order valence-corrected chi connectivity index (χ4v) is 1.82. The van der Waals surface area contributed by atoms with Gasteiger partial charge in [-0.15, -0.1) is 0 Å². The first-order valence-electron chi connectivity index (χ1n) is 5.10. The summed E-state index contributed by atoms with van der Waals surface area (Å²) in [5, 5.41) is 7.38. The lowest BCUT2D eigenvalue weighted by Gasteiger charge is -2.46. The summed E-state index contributed by atoms with van der Waals surface area (Å²) < 4.78 is 0. The number of nitrogens with one attached hydrogen (secondary N) is 3. The molecule has 0 aromatic carbocycles. The Morgan fingerprint density at radius 3 is 2.33 bits per heavy atom. The van der Waals surface area contributed by atoms with Crippen LogP contribution in [0.4, 0.5) is 0 Å². The van der Waals surface area contributed by atoms with Crippen LogP contribution in [0.5, 0.6) is 0 Å². The van der Waals surface area contributed by atoms with Gasteiger partial charge >= 0.3 is 0 Å². The third kappa shape index (κ3) is 2.40. The summed E-state index contributed by atoms with van der Waals surface area (Å²) in [6.45, 7) is 0.869. The Kier molecular flexibility index (Phi) is 4.34. The standard InChI is InChI=1S/C9H22N6/c1-10-8-6-7-14(11-2)9(13(4)5)15(8)12-3/h6,9-12H,7H2,1-5H3. The van der Waals surface area contributed by atoms with Crippen LogP contribution in [-0.4, -0.2) is 63.0 Å². The van der Waals surface area contributed by atoms with Crippen LogP contribution < -0.4 is 16.2 Å². The third-order valence-electron chi connectivity index (χ3n) is 2.50. The molecule has 0 radical (unpaired) electrons. The Labute approximate surface area is 91.8 Å². The SMILES string of the molecule is CNC1=CCN(NC)C(N(C)C)N1NC. The molecule has 0 fully saturated rings. The van der Waals surface area contributed by atoms with E-state index in [0.717, 1.165) is 12.4 Å². The van der Waals surface area contributed by atoms with Crippen LogP contribution in [0.2, 0.25) is 0 Å². The molecule has 1 aliphatic heterocycles. The lowest BCUT2D eigenvalue weighted by molar-refractivity contribution is -0.0826. The summed E-state index contributed by atoms with van der Waals surface area (Å²) in [7, 11) is 9.89. The van der Waals surface area contributed by atoms with Crippen molar-refractivity contribution in [2.24, 2.45) is 0 Å². The Morgan fingerprint density at radius 2 is 1.93 bits per heavy atom. The zero-order valence-electron chi connectivity index (χ0n) is 10.2. The minimum atomic E-state index is 0.146. The summed E-state index contributed by atoms with van der Waals surface area (Å²) in [4.78, 5) is 2.14. The highest BCUT2D eigenvalue weighted by atomic mass is 15.7.